The highest BCUT2D eigenvalue weighted by Gasteiger charge is 2.34. The van der Waals surface area contributed by atoms with E-state index < -0.39 is 0 Å². The summed E-state index contributed by atoms with van der Waals surface area (Å²) >= 11 is 0. The van der Waals surface area contributed by atoms with Crippen molar-refractivity contribution >= 4 is 17.4 Å². The molecule has 2 heterocycles. The van der Waals surface area contributed by atoms with Gasteiger partial charge in [-0.15, -0.1) is 0 Å². The Morgan fingerprint density at radius 1 is 1.50 bits per heavy atom. The highest BCUT2D eigenvalue weighted by Crippen LogP contribution is 2.23. The van der Waals surface area contributed by atoms with Gasteiger partial charge in [-0.2, -0.15) is 10.1 Å². The minimum absolute atomic E-state index is 0.0146. The first-order valence-corrected chi connectivity index (χ1v) is 5.15. The first kappa shape index (κ1) is 10.8. The zero-order valence-corrected chi connectivity index (χ0v) is 9.00. The fourth-order valence-corrected chi connectivity index (χ4v) is 1.71. The average molecular weight is 219 g/mol. The molecule has 2 rings (SSSR count). The van der Waals surface area contributed by atoms with Crippen LogP contribution in [0.1, 0.15) is 13.3 Å². The Hall–Kier alpha value is -1.75. The highest BCUT2D eigenvalue weighted by atomic mass is 16.3. The molecular formula is C11H13N3O2. The average Bonchev–Trinajstić information content (AvgIpc) is 2.59. The normalized spacial score (nSPS) is 20.1. The number of hydrogen-bond acceptors (Lipinski definition) is 4. The molecule has 1 amide bonds. The van der Waals surface area contributed by atoms with Crippen LogP contribution in [0.2, 0.25) is 0 Å². The third-order valence-corrected chi connectivity index (χ3v) is 2.55. The van der Waals surface area contributed by atoms with Gasteiger partial charge in [-0.25, -0.2) is 4.98 Å². The molecule has 1 atom stereocenters. The number of carbonyl (C=O) groups is 1. The van der Waals surface area contributed by atoms with Gasteiger partial charge in [0.05, 0.1) is 5.92 Å². The molecule has 16 heavy (non-hydrogen) atoms. The molecule has 0 spiro atoms. The second kappa shape index (κ2) is 4.40. The lowest BCUT2D eigenvalue weighted by molar-refractivity contribution is -0.120. The van der Waals surface area contributed by atoms with E-state index in [1.165, 1.54) is 5.01 Å². The van der Waals surface area contributed by atoms with Gasteiger partial charge < -0.3 is 5.11 Å². The van der Waals surface area contributed by atoms with Crippen molar-refractivity contribution in [3.8, 4) is 0 Å². The van der Waals surface area contributed by atoms with Crippen LogP contribution in [0.25, 0.3) is 0 Å². The SMILES string of the molecule is CC1=NN(c2ccccn2)C(=O)C1CCO. The van der Waals surface area contributed by atoms with E-state index in [1.807, 2.05) is 0 Å². The van der Waals surface area contributed by atoms with Crippen LogP contribution in [0.5, 0.6) is 0 Å². The van der Waals surface area contributed by atoms with E-state index in [0.717, 1.165) is 5.71 Å². The van der Waals surface area contributed by atoms with Gasteiger partial charge in [-0.05, 0) is 25.5 Å². The van der Waals surface area contributed by atoms with Crippen molar-refractivity contribution in [1.82, 2.24) is 4.98 Å². The molecule has 1 aliphatic heterocycles. The van der Waals surface area contributed by atoms with Crippen molar-refractivity contribution in [2.75, 3.05) is 11.6 Å². The monoisotopic (exact) mass is 219 g/mol. The van der Waals surface area contributed by atoms with Crippen molar-refractivity contribution < 1.29 is 9.90 Å². The van der Waals surface area contributed by atoms with E-state index in [0.29, 0.717) is 12.2 Å². The van der Waals surface area contributed by atoms with Crippen LogP contribution >= 0.6 is 0 Å². The van der Waals surface area contributed by atoms with Gasteiger partial charge in [-0.3, -0.25) is 4.79 Å². The lowest BCUT2D eigenvalue weighted by atomic mass is 10.0. The molecule has 1 unspecified atom stereocenters. The van der Waals surface area contributed by atoms with Crippen LogP contribution in [-0.2, 0) is 4.79 Å². The van der Waals surface area contributed by atoms with Crippen LogP contribution in [0, 0.1) is 5.92 Å². The summed E-state index contributed by atoms with van der Waals surface area (Å²) in [6.07, 6.45) is 2.03. The largest absolute Gasteiger partial charge is 0.396 e. The number of hydrogen-bond donors (Lipinski definition) is 1. The topological polar surface area (TPSA) is 65.8 Å². The van der Waals surface area contributed by atoms with E-state index in [4.69, 9.17) is 5.11 Å². The molecule has 0 saturated carbocycles. The Morgan fingerprint density at radius 3 is 2.94 bits per heavy atom. The van der Waals surface area contributed by atoms with E-state index in [1.54, 1.807) is 31.3 Å². The zero-order valence-electron chi connectivity index (χ0n) is 9.00. The van der Waals surface area contributed by atoms with Gasteiger partial charge >= 0.3 is 0 Å². The predicted molar refractivity (Wildman–Crippen MR) is 60.0 cm³/mol. The Labute approximate surface area is 93.4 Å². The summed E-state index contributed by atoms with van der Waals surface area (Å²) in [6, 6.07) is 5.32. The highest BCUT2D eigenvalue weighted by molar-refractivity contribution is 6.14. The van der Waals surface area contributed by atoms with Gasteiger partial charge in [-0.1, -0.05) is 6.07 Å². The molecule has 1 aliphatic rings. The molecule has 5 nitrogen and oxygen atoms in total. The molecule has 0 fully saturated rings. The first-order chi connectivity index (χ1) is 7.74. The molecule has 84 valence electrons. The second-order valence-electron chi connectivity index (χ2n) is 3.64. The lowest BCUT2D eigenvalue weighted by Gasteiger charge is -2.12. The molecule has 0 saturated heterocycles. The van der Waals surface area contributed by atoms with Crippen LogP contribution in [0.3, 0.4) is 0 Å². The number of anilines is 1. The van der Waals surface area contributed by atoms with Crippen LogP contribution in [0.15, 0.2) is 29.5 Å². The fraction of sp³-hybridized carbons (Fsp3) is 0.364. The molecule has 0 radical (unpaired) electrons. The Kier molecular flexibility index (Phi) is 2.96. The third kappa shape index (κ3) is 1.81. The molecule has 1 aromatic heterocycles. The maximum Gasteiger partial charge on any atom is 0.257 e. The molecule has 1 N–H and O–H groups in total. The summed E-state index contributed by atoms with van der Waals surface area (Å²) in [5, 5.41) is 14.3. The molecule has 5 heteroatoms. The number of rotatable bonds is 3. The second-order valence-corrected chi connectivity index (χ2v) is 3.64. The Morgan fingerprint density at radius 2 is 2.31 bits per heavy atom. The van der Waals surface area contributed by atoms with E-state index in [9.17, 15) is 4.79 Å². The summed E-state index contributed by atoms with van der Waals surface area (Å²) in [4.78, 5) is 16.0. The first-order valence-electron chi connectivity index (χ1n) is 5.15. The van der Waals surface area contributed by atoms with Gasteiger partial charge in [0.15, 0.2) is 5.82 Å². The van der Waals surface area contributed by atoms with Crippen LogP contribution in [0.4, 0.5) is 5.82 Å². The molecule has 0 aliphatic carbocycles. The van der Waals surface area contributed by atoms with Gasteiger partial charge in [0.25, 0.3) is 5.91 Å². The number of aliphatic hydroxyl groups is 1. The van der Waals surface area contributed by atoms with Crippen molar-refractivity contribution in [3.63, 3.8) is 0 Å². The van der Waals surface area contributed by atoms with Gasteiger partial charge in [0, 0.05) is 18.5 Å². The standard InChI is InChI=1S/C11H13N3O2/c1-8-9(5-7-15)11(16)14(13-8)10-4-2-3-6-12-10/h2-4,6,9,15H,5,7H2,1H3. The minimum atomic E-state index is -0.313. The van der Waals surface area contributed by atoms with Crippen molar-refractivity contribution in [2.24, 2.45) is 11.0 Å². The van der Waals surface area contributed by atoms with Gasteiger partial charge in [0.2, 0.25) is 0 Å². The van der Waals surface area contributed by atoms with Crippen LogP contribution < -0.4 is 5.01 Å². The van der Waals surface area contributed by atoms with Crippen molar-refractivity contribution in [1.29, 1.82) is 0 Å². The number of carbonyl (C=O) groups excluding carboxylic acids is 1. The molecule has 1 aromatic rings. The maximum atomic E-state index is 12.0. The smallest absolute Gasteiger partial charge is 0.257 e. The number of pyridine rings is 1. The molecule has 0 bridgehead atoms. The van der Waals surface area contributed by atoms with Crippen LogP contribution in [-0.4, -0.2) is 28.3 Å². The zero-order chi connectivity index (χ0) is 11.5. The minimum Gasteiger partial charge on any atom is -0.396 e. The number of aromatic nitrogens is 1. The molecule has 0 aromatic carbocycles. The summed E-state index contributed by atoms with van der Waals surface area (Å²) < 4.78 is 0. The Bertz CT molecular complexity index is 416. The fourth-order valence-electron chi connectivity index (χ4n) is 1.71. The number of nitrogens with zero attached hydrogens (tertiary/aromatic N) is 3. The summed E-state index contributed by atoms with van der Waals surface area (Å²) in [5.74, 6) is 0.0875. The maximum absolute atomic E-state index is 12.0. The van der Waals surface area contributed by atoms with Crippen molar-refractivity contribution in [2.45, 2.75) is 13.3 Å². The quantitative estimate of drug-likeness (QED) is 0.817. The Balaban J connectivity index is 2.24. The lowest BCUT2D eigenvalue weighted by Crippen LogP contribution is -2.28. The van der Waals surface area contributed by atoms with Gasteiger partial charge in [0.1, 0.15) is 0 Å². The third-order valence-electron chi connectivity index (χ3n) is 2.55. The predicted octanol–water partition coefficient (Wildman–Crippen LogP) is 0.803. The van der Waals surface area contributed by atoms with Crippen molar-refractivity contribution in [3.05, 3.63) is 24.4 Å². The van der Waals surface area contributed by atoms with E-state index in [2.05, 4.69) is 10.1 Å². The molecular weight excluding hydrogens is 206 g/mol. The summed E-state index contributed by atoms with van der Waals surface area (Å²) in [7, 11) is 0. The van der Waals surface area contributed by atoms with E-state index >= 15 is 0 Å². The summed E-state index contributed by atoms with van der Waals surface area (Å²) in [5.41, 5.74) is 0.727. The number of aliphatic hydroxyl groups excluding tert-OH is 1. The number of hydrazone groups is 1. The van der Waals surface area contributed by atoms with E-state index in [-0.39, 0.29) is 18.4 Å². The summed E-state index contributed by atoms with van der Waals surface area (Å²) in [6.45, 7) is 1.78. The number of amides is 1.